The standard InChI is InChI=1S/C13H17BrFNO2/c1-9(3-2-6-17)16-13(18)8-10-4-5-12(15)11(14)7-10/h4-5,7,9,17H,2-3,6,8H2,1H3,(H,16,18). The van der Waals surface area contributed by atoms with Gasteiger partial charge in [0.15, 0.2) is 0 Å². The lowest BCUT2D eigenvalue weighted by Gasteiger charge is -2.13. The first kappa shape index (κ1) is 15.1. The van der Waals surface area contributed by atoms with Crippen molar-refractivity contribution in [2.24, 2.45) is 0 Å². The fourth-order valence-electron chi connectivity index (χ4n) is 1.63. The second kappa shape index (κ2) is 7.48. The van der Waals surface area contributed by atoms with Crippen LogP contribution in [0.1, 0.15) is 25.3 Å². The van der Waals surface area contributed by atoms with E-state index in [1.807, 2.05) is 6.92 Å². The van der Waals surface area contributed by atoms with Gasteiger partial charge in [-0.1, -0.05) is 6.07 Å². The molecule has 0 aliphatic heterocycles. The largest absolute Gasteiger partial charge is 0.396 e. The molecule has 0 aliphatic carbocycles. The summed E-state index contributed by atoms with van der Waals surface area (Å²) in [6.07, 6.45) is 1.64. The van der Waals surface area contributed by atoms with E-state index >= 15 is 0 Å². The van der Waals surface area contributed by atoms with Gasteiger partial charge in [-0.15, -0.1) is 0 Å². The Morgan fingerprint density at radius 3 is 2.89 bits per heavy atom. The summed E-state index contributed by atoms with van der Waals surface area (Å²) in [5, 5.41) is 11.5. The van der Waals surface area contributed by atoms with Gasteiger partial charge in [0.25, 0.3) is 0 Å². The zero-order valence-corrected chi connectivity index (χ0v) is 11.8. The zero-order chi connectivity index (χ0) is 13.5. The second-order valence-electron chi connectivity index (χ2n) is 4.26. The highest BCUT2D eigenvalue weighted by Crippen LogP contribution is 2.17. The predicted octanol–water partition coefficient (Wildman–Crippen LogP) is 2.41. The van der Waals surface area contributed by atoms with Crippen molar-refractivity contribution in [2.75, 3.05) is 6.61 Å². The van der Waals surface area contributed by atoms with Crippen molar-refractivity contribution in [1.29, 1.82) is 0 Å². The molecular weight excluding hydrogens is 301 g/mol. The minimum atomic E-state index is -0.338. The first-order chi connectivity index (χ1) is 8.52. The highest BCUT2D eigenvalue weighted by molar-refractivity contribution is 9.10. The van der Waals surface area contributed by atoms with Crippen molar-refractivity contribution in [3.8, 4) is 0 Å². The van der Waals surface area contributed by atoms with Gasteiger partial charge in [0, 0.05) is 12.6 Å². The lowest BCUT2D eigenvalue weighted by molar-refractivity contribution is -0.121. The molecule has 3 nitrogen and oxygen atoms in total. The van der Waals surface area contributed by atoms with Crippen LogP contribution in [0.5, 0.6) is 0 Å². The third-order valence-corrected chi connectivity index (χ3v) is 3.16. The zero-order valence-electron chi connectivity index (χ0n) is 10.2. The van der Waals surface area contributed by atoms with Crippen LogP contribution in [0.2, 0.25) is 0 Å². The van der Waals surface area contributed by atoms with Gasteiger partial charge in [0.1, 0.15) is 5.82 Å². The molecule has 1 amide bonds. The van der Waals surface area contributed by atoms with Gasteiger partial charge in [-0.05, 0) is 53.4 Å². The fraction of sp³-hybridized carbons (Fsp3) is 0.462. The fourth-order valence-corrected chi connectivity index (χ4v) is 2.06. The molecule has 0 bridgehead atoms. The highest BCUT2D eigenvalue weighted by atomic mass is 79.9. The molecule has 1 atom stereocenters. The SMILES string of the molecule is CC(CCCO)NC(=O)Cc1ccc(F)c(Br)c1. The van der Waals surface area contributed by atoms with E-state index < -0.39 is 0 Å². The van der Waals surface area contributed by atoms with Gasteiger partial charge in [0.05, 0.1) is 10.9 Å². The molecular formula is C13H17BrFNO2. The second-order valence-corrected chi connectivity index (χ2v) is 5.11. The number of aliphatic hydroxyl groups excluding tert-OH is 1. The van der Waals surface area contributed by atoms with E-state index in [2.05, 4.69) is 21.2 Å². The summed E-state index contributed by atoms with van der Waals surface area (Å²) in [6, 6.07) is 4.57. The van der Waals surface area contributed by atoms with E-state index in [1.165, 1.54) is 6.07 Å². The van der Waals surface area contributed by atoms with E-state index in [1.54, 1.807) is 12.1 Å². The molecule has 0 saturated heterocycles. The highest BCUT2D eigenvalue weighted by Gasteiger charge is 2.09. The van der Waals surface area contributed by atoms with Gasteiger partial charge in [0.2, 0.25) is 5.91 Å². The maximum Gasteiger partial charge on any atom is 0.224 e. The van der Waals surface area contributed by atoms with Crippen molar-refractivity contribution in [3.63, 3.8) is 0 Å². The Balaban J connectivity index is 2.46. The monoisotopic (exact) mass is 317 g/mol. The topological polar surface area (TPSA) is 49.3 Å². The van der Waals surface area contributed by atoms with E-state index in [0.717, 1.165) is 12.0 Å². The summed E-state index contributed by atoms with van der Waals surface area (Å²) in [6.45, 7) is 2.03. The number of aliphatic hydroxyl groups is 1. The smallest absolute Gasteiger partial charge is 0.224 e. The Morgan fingerprint density at radius 2 is 2.28 bits per heavy atom. The number of hydrogen-bond donors (Lipinski definition) is 2. The van der Waals surface area contributed by atoms with Crippen LogP contribution in [-0.4, -0.2) is 23.7 Å². The molecule has 18 heavy (non-hydrogen) atoms. The summed E-state index contributed by atoms with van der Waals surface area (Å²) in [7, 11) is 0. The first-order valence-corrected chi connectivity index (χ1v) is 6.66. The van der Waals surface area contributed by atoms with Crippen LogP contribution in [0.3, 0.4) is 0 Å². The van der Waals surface area contributed by atoms with Crippen LogP contribution in [0.25, 0.3) is 0 Å². The number of benzene rings is 1. The van der Waals surface area contributed by atoms with Gasteiger partial charge in [-0.25, -0.2) is 4.39 Å². The molecule has 0 aliphatic rings. The maximum absolute atomic E-state index is 13.0. The van der Waals surface area contributed by atoms with Crippen molar-refractivity contribution >= 4 is 21.8 Å². The molecule has 1 aromatic rings. The molecule has 0 spiro atoms. The Labute approximate surface area is 115 Å². The third kappa shape index (κ3) is 5.14. The number of hydrogen-bond acceptors (Lipinski definition) is 2. The molecule has 0 fully saturated rings. The van der Waals surface area contributed by atoms with E-state index in [4.69, 9.17) is 5.11 Å². The van der Waals surface area contributed by atoms with Crippen LogP contribution >= 0.6 is 15.9 Å². The summed E-state index contributed by atoms with van der Waals surface area (Å²) < 4.78 is 13.4. The van der Waals surface area contributed by atoms with Gasteiger partial charge in [-0.3, -0.25) is 4.79 Å². The molecule has 2 N–H and O–H groups in total. The number of rotatable bonds is 6. The quantitative estimate of drug-likeness (QED) is 0.846. The summed E-state index contributed by atoms with van der Waals surface area (Å²) in [5.74, 6) is -0.436. The molecule has 0 saturated carbocycles. The molecule has 0 radical (unpaired) electrons. The summed E-state index contributed by atoms with van der Waals surface area (Å²) >= 11 is 3.09. The van der Waals surface area contributed by atoms with E-state index in [0.29, 0.717) is 10.9 Å². The summed E-state index contributed by atoms with van der Waals surface area (Å²) in [4.78, 5) is 11.7. The normalized spacial score (nSPS) is 12.2. The van der Waals surface area contributed by atoms with Gasteiger partial charge >= 0.3 is 0 Å². The van der Waals surface area contributed by atoms with E-state index in [-0.39, 0.29) is 30.8 Å². The molecule has 1 rings (SSSR count). The molecule has 100 valence electrons. The molecule has 0 heterocycles. The van der Waals surface area contributed by atoms with E-state index in [9.17, 15) is 9.18 Å². The maximum atomic E-state index is 13.0. The lowest BCUT2D eigenvalue weighted by atomic mass is 10.1. The van der Waals surface area contributed by atoms with Crippen molar-refractivity contribution in [1.82, 2.24) is 5.32 Å². The molecule has 5 heteroatoms. The number of carbonyl (C=O) groups excluding carboxylic acids is 1. The molecule has 1 unspecified atom stereocenters. The van der Waals surface area contributed by atoms with Crippen LogP contribution in [0.15, 0.2) is 22.7 Å². The Bertz CT molecular complexity index is 412. The third-order valence-electron chi connectivity index (χ3n) is 2.55. The Morgan fingerprint density at radius 1 is 1.56 bits per heavy atom. The average Bonchev–Trinajstić information content (AvgIpc) is 2.31. The van der Waals surface area contributed by atoms with Crippen LogP contribution in [0, 0.1) is 5.82 Å². The minimum Gasteiger partial charge on any atom is -0.396 e. The van der Waals surface area contributed by atoms with Gasteiger partial charge < -0.3 is 10.4 Å². The first-order valence-electron chi connectivity index (χ1n) is 5.87. The van der Waals surface area contributed by atoms with Gasteiger partial charge in [-0.2, -0.15) is 0 Å². The molecule has 0 aromatic heterocycles. The van der Waals surface area contributed by atoms with Crippen molar-refractivity contribution < 1.29 is 14.3 Å². The van der Waals surface area contributed by atoms with Crippen molar-refractivity contribution in [3.05, 3.63) is 34.1 Å². The number of nitrogens with one attached hydrogen (secondary N) is 1. The summed E-state index contributed by atoms with van der Waals surface area (Å²) in [5.41, 5.74) is 0.759. The lowest BCUT2D eigenvalue weighted by Crippen LogP contribution is -2.33. The van der Waals surface area contributed by atoms with Crippen molar-refractivity contribution in [2.45, 2.75) is 32.2 Å². The molecule has 1 aromatic carbocycles. The minimum absolute atomic E-state index is 0.0357. The van der Waals surface area contributed by atoms with Crippen LogP contribution in [0.4, 0.5) is 4.39 Å². The van der Waals surface area contributed by atoms with Crippen LogP contribution < -0.4 is 5.32 Å². The average molecular weight is 318 g/mol. The predicted molar refractivity (Wildman–Crippen MR) is 71.7 cm³/mol. The number of halogens is 2. The Kier molecular flexibility index (Phi) is 6.29. The Hall–Kier alpha value is -0.940. The number of amides is 1. The number of carbonyl (C=O) groups is 1. The van der Waals surface area contributed by atoms with Crippen LogP contribution in [-0.2, 0) is 11.2 Å².